The van der Waals surface area contributed by atoms with Crippen LogP contribution in [0.25, 0.3) is 21.7 Å². The number of hydrogen-bond acceptors (Lipinski definition) is 4. The zero-order valence-corrected chi connectivity index (χ0v) is 13.2. The van der Waals surface area contributed by atoms with Crippen molar-refractivity contribution >= 4 is 22.4 Å². The molecule has 2 aromatic heterocycles. The Balaban J connectivity index is 2.28. The van der Waals surface area contributed by atoms with Gasteiger partial charge in [0.25, 0.3) is 0 Å². The number of aryl methyl sites for hydroxylation is 3. The lowest BCUT2D eigenvalue weighted by atomic mass is 10.2. The number of aromatic nitrogens is 3. The van der Waals surface area contributed by atoms with E-state index in [-0.39, 0.29) is 0 Å². The van der Waals surface area contributed by atoms with Crippen LogP contribution < -0.4 is 0 Å². The second-order valence-corrected chi connectivity index (χ2v) is 6.25. The normalized spacial score (nSPS) is 11.0. The van der Waals surface area contributed by atoms with Gasteiger partial charge >= 0.3 is 0 Å². The molecule has 4 nitrogen and oxygen atoms in total. The van der Waals surface area contributed by atoms with Crippen molar-refractivity contribution in [1.82, 2.24) is 14.5 Å². The number of thiazole rings is 1. The van der Waals surface area contributed by atoms with Crippen molar-refractivity contribution in [3.63, 3.8) is 0 Å². The average Bonchev–Trinajstić information content (AvgIpc) is 2.99. The maximum atomic E-state index is 9.05. The molecule has 0 fully saturated rings. The minimum Gasteiger partial charge on any atom is -0.323 e. The molecule has 0 N–H and O–H groups in total. The summed E-state index contributed by atoms with van der Waals surface area (Å²) >= 11 is 1.67. The van der Waals surface area contributed by atoms with Gasteiger partial charge in [-0.15, -0.1) is 11.3 Å². The van der Waals surface area contributed by atoms with Crippen molar-refractivity contribution < 1.29 is 0 Å². The first-order valence-electron chi connectivity index (χ1n) is 6.98. The molecule has 0 spiro atoms. The van der Waals surface area contributed by atoms with Crippen LogP contribution in [-0.2, 0) is 6.54 Å². The molecule has 0 radical (unpaired) electrons. The zero-order chi connectivity index (χ0) is 15.0. The molecular formula is C16H16N4S. The second-order valence-electron chi connectivity index (χ2n) is 5.05. The summed E-state index contributed by atoms with van der Waals surface area (Å²) in [6, 6.07) is 7.87. The predicted octanol–water partition coefficient (Wildman–Crippen LogP) is 4.06. The van der Waals surface area contributed by atoms with Gasteiger partial charge in [-0.25, -0.2) is 9.97 Å². The van der Waals surface area contributed by atoms with Crippen LogP contribution in [-0.4, -0.2) is 14.5 Å². The predicted molar refractivity (Wildman–Crippen MR) is 85.3 cm³/mol. The summed E-state index contributed by atoms with van der Waals surface area (Å²) in [4.78, 5) is 10.4. The quantitative estimate of drug-likeness (QED) is 0.732. The molecule has 0 aliphatic carbocycles. The van der Waals surface area contributed by atoms with E-state index in [4.69, 9.17) is 10.2 Å². The fraction of sp³-hybridized carbons (Fsp3) is 0.312. The maximum absolute atomic E-state index is 9.05. The Bertz CT molecular complexity index is 851. The number of imidazole rings is 1. The van der Waals surface area contributed by atoms with E-state index in [0.717, 1.165) is 45.4 Å². The van der Waals surface area contributed by atoms with Crippen molar-refractivity contribution in [3.8, 4) is 16.8 Å². The SMILES string of the molecule is CCCn1c(-c2sc(C)nc2C)nc2cc(C#N)ccc21. The van der Waals surface area contributed by atoms with Crippen LogP contribution in [0.3, 0.4) is 0 Å². The monoisotopic (exact) mass is 296 g/mol. The highest BCUT2D eigenvalue weighted by Crippen LogP contribution is 2.32. The van der Waals surface area contributed by atoms with Crippen LogP contribution in [0.15, 0.2) is 18.2 Å². The number of hydrogen-bond donors (Lipinski definition) is 0. The highest BCUT2D eigenvalue weighted by molar-refractivity contribution is 7.15. The minimum absolute atomic E-state index is 0.646. The second kappa shape index (κ2) is 5.30. The van der Waals surface area contributed by atoms with E-state index in [0.29, 0.717) is 5.56 Å². The molecule has 0 aliphatic rings. The summed E-state index contributed by atoms with van der Waals surface area (Å²) in [6.07, 6.45) is 1.04. The van der Waals surface area contributed by atoms with Crippen molar-refractivity contribution in [3.05, 3.63) is 34.5 Å². The minimum atomic E-state index is 0.646. The number of fused-ring (bicyclic) bond motifs is 1. The van der Waals surface area contributed by atoms with Crippen LogP contribution >= 0.6 is 11.3 Å². The molecular weight excluding hydrogens is 280 g/mol. The highest BCUT2D eigenvalue weighted by Gasteiger charge is 2.17. The van der Waals surface area contributed by atoms with Gasteiger partial charge in [0.2, 0.25) is 0 Å². The Labute approximate surface area is 127 Å². The lowest BCUT2D eigenvalue weighted by molar-refractivity contribution is 0.704. The Morgan fingerprint density at radius 2 is 2.10 bits per heavy atom. The van der Waals surface area contributed by atoms with Gasteiger partial charge in [0.1, 0.15) is 0 Å². The third-order valence-electron chi connectivity index (χ3n) is 3.43. The van der Waals surface area contributed by atoms with E-state index in [1.54, 1.807) is 11.3 Å². The summed E-state index contributed by atoms with van der Waals surface area (Å²) in [5.74, 6) is 0.963. The van der Waals surface area contributed by atoms with Crippen molar-refractivity contribution in [1.29, 1.82) is 5.26 Å². The molecule has 2 heterocycles. The molecule has 0 saturated heterocycles. The van der Waals surface area contributed by atoms with Gasteiger partial charge < -0.3 is 4.57 Å². The standard InChI is InChI=1S/C16H16N4S/c1-4-7-20-14-6-5-12(9-17)8-13(14)19-16(20)15-10(2)18-11(3)21-15/h5-6,8H,4,7H2,1-3H3. The van der Waals surface area contributed by atoms with Gasteiger partial charge in [-0.3, -0.25) is 0 Å². The molecule has 106 valence electrons. The smallest absolute Gasteiger partial charge is 0.153 e. The maximum Gasteiger partial charge on any atom is 0.153 e. The Morgan fingerprint density at radius 3 is 2.71 bits per heavy atom. The van der Waals surface area contributed by atoms with Crippen molar-refractivity contribution in [2.75, 3.05) is 0 Å². The Hall–Kier alpha value is -2.19. The summed E-state index contributed by atoms with van der Waals surface area (Å²) in [5.41, 5.74) is 3.62. The van der Waals surface area contributed by atoms with Crippen LogP contribution in [0.4, 0.5) is 0 Å². The topological polar surface area (TPSA) is 54.5 Å². The van der Waals surface area contributed by atoms with Gasteiger partial charge in [0, 0.05) is 6.54 Å². The van der Waals surface area contributed by atoms with Gasteiger partial charge in [-0.2, -0.15) is 5.26 Å². The van der Waals surface area contributed by atoms with Gasteiger partial charge in [-0.1, -0.05) is 6.92 Å². The van der Waals surface area contributed by atoms with E-state index in [2.05, 4.69) is 22.5 Å². The third-order valence-corrected chi connectivity index (χ3v) is 4.50. The fourth-order valence-electron chi connectivity index (χ4n) is 2.56. The van der Waals surface area contributed by atoms with Crippen LogP contribution in [0, 0.1) is 25.2 Å². The van der Waals surface area contributed by atoms with Crippen LogP contribution in [0.2, 0.25) is 0 Å². The van der Waals surface area contributed by atoms with E-state index in [9.17, 15) is 0 Å². The molecule has 0 bridgehead atoms. The molecule has 3 aromatic rings. The number of nitriles is 1. The molecule has 0 atom stereocenters. The highest BCUT2D eigenvalue weighted by atomic mass is 32.1. The zero-order valence-electron chi connectivity index (χ0n) is 12.3. The van der Waals surface area contributed by atoms with Crippen molar-refractivity contribution in [2.45, 2.75) is 33.7 Å². The van der Waals surface area contributed by atoms with Gasteiger partial charge in [0.05, 0.1) is 38.2 Å². The van der Waals surface area contributed by atoms with E-state index in [1.165, 1.54) is 0 Å². The summed E-state index contributed by atoms with van der Waals surface area (Å²) in [6.45, 7) is 7.11. The lowest BCUT2D eigenvalue weighted by Crippen LogP contribution is -1.99. The largest absolute Gasteiger partial charge is 0.323 e. The molecule has 5 heteroatoms. The van der Waals surface area contributed by atoms with E-state index in [1.807, 2.05) is 32.0 Å². The molecule has 0 aliphatic heterocycles. The fourth-order valence-corrected chi connectivity index (χ4v) is 3.48. The molecule has 0 saturated carbocycles. The first-order chi connectivity index (χ1) is 10.1. The Kier molecular flexibility index (Phi) is 3.48. The third kappa shape index (κ3) is 2.32. The number of rotatable bonds is 3. The van der Waals surface area contributed by atoms with Gasteiger partial charge in [0.15, 0.2) is 5.82 Å². The summed E-state index contributed by atoms with van der Waals surface area (Å²) in [7, 11) is 0. The molecule has 0 unspecified atom stereocenters. The van der Waals surface area contributed by atoms with E-state index >= 15 is 0 Å². The first kappa shape index (κ1) is 13.8. The van der Waals surface area contributed by atoms with Gasteiger partial charge in [-0.05, 0) is 38.5 Å². The molecule has 0 amide bonds. The lowest BCUT2D eigenvalue weighted by Gasteiger charge is -2.06. The average molecular weight is 296 g/mol. The van der Waals surface area contributed by atoms with E-state index < -0.39 is 0 Å². The van der Waals surface area contributed by atoms with Crippen LogP contribution in [0.5, 0.6) is 0 Å². The first-order valence-corrected chi connectivity index (χ1v) is 7.80. The molecule has 3 rings (SSSR count). The van der Waals surface area contributed by atoms with Crippen LogP contribution in [0.1, 0.15) is 29.6 Å². The summed E-state index contributed by atoms with van der Waals surface area (Å²) in [5, 5.41) is 10.1. The molecule has 21 heavy (non-hydrogen) atoms. The molecule has 1 aromatic carbocycles. The summed E-state index contributed by atoms with van der Waals surface area (Å²) < 4.78 is 2.23. The number of nitrogens with zero attached hydrogens (tertiary/aromatic N) is 4. The number of benzene rings is 1. The Morgan fingerprint density at radius 1 is 1.29 bits per heavy atom. The van der Waals surface area contributed by atoms with Crippen molar-refractivity contribution in [2.24, 2.45) is 0 Å².